The van der Waals surface area contributed by atoms with Crippen LogP contribution in [0.25, 0.3) is 0 Å². The number of aryl methyl sites for hydroxylation is 2. The number of amides is 4. The van der Waals surface area contributed by atoms with Crippen molar-refractivity contribution in [1.29, 1.82) is 0 Å². The summed E-state index contributed by atoms with van der Waals surface area (Å²) >= 11 is 0. The van der Waals surface area contributed by atoms with E-state index in [-0.39, 0.29) is 30.7 Å². The van der Waals surface area contributed by atoms with Gasteiger partial charge in [0.05, 0.1) is 6.04 Å². The average Bonchev–Trinajstić information content (AvgIpc) is 2.98. The van der Waals surface area contributed by atoms with Gasteiger partial charge in [0.15, 0.2) is 0 Å². The summed E-state index contributed by atoms with van der Waals surface area (Å²) in [5.74, 6) is -0.558. The van der Waals surface area contributed by atoms with Crippen molar-refractivity contribution < 1.29 is 14.4 Å². The molecule has 1 aliphatic heterocycles. The highest BCUT2D eigenvalue weighted by atomic mass is 16.2. The minimum Gasteiger partial charge on any atom is -0.345 e. The first-order chi connectivity index (χ1) is 12.9. The summed E-state index contributed by atoms with van der Waals surface area (Å²) < 4.78 is 0. The van der Waals surface area contributed by atoms with Crippen LogP contribution in [0.15, 0.2) is 48.5 Å². The molecule has 0 bridgehead atoms. The molecule has 3 rings (SSSR count). The summed E-state index contributed by atoms with van der Waals surface area (Å²) in [5.41, 5.74) is 4.35. The first kappa shape index (κ1) is 18.6. The molecule has 1 heterocycles. The van der Waals surface area contributed by atoms with Crippen LogP contribution in [0.3, 0.4) is 0 Å². The van der Waals surface area contributed by atoms with E-state index in [1.54, 1.807) is 0 Å². The zero-order valence-corrected chi connectivity index (χ0v) is 15.4. The third kappa shape index (κ3) is 4.53. The summed E-state index contributed by atoms with van der Waals surface area (Å²) in [6.07, 6.45) is 0.407. The number of carbonyl (C=O) groups is 3. The van der Waals surface area contributed by atoms with Gasteiger partial charge in [0.25, 0.3) is 5.91 Å². The Labute approximate surface area is 158 Å². The third-order valence-electron chi connectivity index (χ3n) is 4.82. The second kappa shape index (κ2) is 8.03. The van der Waals surface area contributed by atoms with Gasteiger partial charge in [-0.3, -0.25) is 14.9 Å². The molecule has 27 heavy (non-hydrogen) atoms. The van der Waals surface area contributed by atoms with Gasteiger partial charge in [-0.25, -0.2) is 4.79 Å². The lowest BCUT2D eigenvalue weighted by molar-refractivity contribution is -0.122. The van der Waals surface area contributed by atoms with E-state index in [0.717, 1.165) is 16.7 Å². The first-order valence-corrected chi connectivity index (χ1v) is 8.97. The second-order valence-electron chi connectivity index (χ2n) is 6.81. The molecule has 4 amide bonds. The molecule has 0 unspecified atom stereocenters. The fourth-order valence-corrected chi connectivity index (χ4v) is 3.12. The highest BCUT2D eigenvalue weighted by Crippen LogP contribution is 2.24. The molecular formula is C21H23N3O3. The van der Waals surface area contributed by atoms with E-state index in [4.69, 9.17) is 0 Å². The monoisotopic (exact) mass is 365 g/mol. The Morgan fingerprint density at radius 3 is 2.41 bits per heavy atom. The van der Waals surface area contributed by atoms with Crippen LogP contribution in [-0.2, 0) is 9.59 Å². The Bertz CT molecular complexity index is 864. The number of hydrogen-bond donors (Lipinski definition) is 3. The average molecular weight is 365 g/mol. The van der Waals surface area contributed by atoms with Crippen molar-refractivity contribution in [2.24, 2.45) is 0 Å². The number of imide groups is 1. The first-order valence-electron chi connectivity index (χ1n) is 8.97. The van der Waals surface area contributed by atoms with Crippen LogP contribution in [0, 0.1) is 13.8 Å². The molecule has 3 N–H and O–H groups in total. The zero-order chi connectivity index (χ0) is 19.4. The molecule has 0 spiro atoms. The number of urea groups is 1. The van der Waals surface area contributed by atoms with Crippen LogP contribution in [-0.4, -0.2) is 23.9 Å². The molecule has 2 aromatic carbocycles. The van der Waals surface area contributed by atoms with E-state index in [1.165, 1.54) is 5.56 Å². The highest BCUT2D eigenvalue weighted by molar-refractivity contribution is 6.04. The number of nitrogens with one attached hydrogen (secondary N) is 3. The van der Waals surface area contributed by atoms with E-state index in [2.05, 4.69) is 28.9 Å². The van der Waals surface area contributed by atoms with Gasteiger partial charge >= 0.3 is 6.03 Å². The lowest BCUT2D eigenvalue weighted by Gasteiger charge is -2.21. The summed E-state index contributed by atoms with van der Waals surface area (Å²) in [6, 6.07) is 14.5. The van der Waals surface area contributed by atoms with E-state index >= 15 is 0 Å². The molecule has 1 aliphatic rings. The van der Waals surface area contributed by atoms with Crippen LogP contribution in [0.4, 0.5) is 4.79 Å². The summed E-state index contributed by atoms with van der Waals surface area (Å²) in [7, 11) is 0. The fourth-order valence-electron chi connectivity index (χ4n) is 3.12. The highest BCUT2D eigenvalue weighted by Gasteiger charge is 2.29. The smallest absolute Gasteiger partial charge is 0.322 e. The molecule has 1 fully saturated rings. The maximum Gasteiger partial charge on any atom is 0.322 e. The van der Waals surface area contributed by atoms with Gasteiger partial charge in [-0.1, -0.05) is 48.5 Å². The predicted molar refractivity (Wildman–Crippen MR) is 102 cm³/mol. The molecule has 140 valence electrons. The van der Waals surface area contributed by atoms with Crippen LogP contribution in [0.5, 0.6) is 0 Å². The molecule has 2 atom stereocenters. The summed E-state index contributed by atoms with van der Waals surface area (Å²) in [5, 5.41) is 7.75. The van der Waals surface area contributed by atoms with Gasteiger partial charge in [-0.15, -0.1) is 0 Å². The van der Waals surface area contributed by atoms with Crippen molar-refractivity contribution >= 4 is 17.8 Å². The predicted octanol–water partition coefficient (Wildman–Crippen LogP) is 2.50. The van der Waals surface area contributed by atoms with Crippen LogP contribution in [0.1, 0.15) is 41.1 Å². The van der Waals surface area contributed by atoms with Crippen molar-refractivity contribution in [3.05, 3.63) is 70.8 Å². The Morgan fingerprint density at radius 2 is 1.78 bits per heavy atom. The van der Waals surface area contributed by atoms with E-state index in [1.807, 2.05) is 49.4 Å². The topological polar surface area (TPSA) is 87.3 Å². The van der Waals surface area contributed by atoms with Crippen molar-refractivity contribution in [2.45, 2.75) is 38.8 Å². The maximum absolute atomic E-state index is 12.5. The number of hydrogen-bond acceptors (Lipinski definition) is 3. The minimum absolute atomic E-state index is 0.145. The molecule has 6 nitrogen and oxygen atoms in total. The molecule has 0 radical (unpaired) electrons. The molecule has 0 aliphatic carbocycles. The van der Waals surface area contributed by atoms with Crippen molar-refractivity contribution in [3.63, 3.8) is 0 Å². The molecule has 0 aromatic heterocycles. The maximum atomic E-state index is 12.5. The lowest BCUT2D eigenvalue weighted by Crippen LogP contribution is -2.33. The Kier molecular flexibility index (Phi) is 5.54. The van der Waals surface area contributed by atoms with E-state index in [9.17, 15) is 14.4 Å². The van der Waals surface area contributed by atoms with E-state index in [0.29, 0.717) is 0 Å². The van der Waals surface area contributed by atoms with Gasteiger partial charge in [0.1, 0.15) is 6.04 Å². The van der Waals surface area contributed by atoms with Crippen LogP contribution in [0.2, 0.25) is 0 Å². The third-order valence-corrected chi connectivity index (χ3v) is 4.82. The molecule has 6 heteroatoms. The van der Waals surface area contributed by atoms with Gasteiger partial charge in [-0.2, -0.15) is 0 Å². The largest absolute Gasteiger partial charge is 0.345 e. The molecule has 0 saturated carbocycles. The van der Waals surface area contributed by atoms with Crippen LogP contribution < -0.4 is 16.0 Å². The van der Waals surface area contributed by atoms with Crippen molar-refractivity contribution in [2.75, 3.05) is 0 Å². The van der Waals surface area contributed by atoms with Gasteiger partial charge in [0, 0.05) is 6.42 Å². The van der Waals surface area contributed by atoms with Crippen molar-refractivity contribution in [1.82, 2.24) is 16.0 Å². The normalized spacial score (nSPS) is 17.2. The molecule has 2 aromatic rings. The number of rotatable bonds is 6. The number of carbonyl (C=O) groups excluding carboxylic acids is 3. The quantitative estimate of drug-likeness (QED) is 0.688. The standard InChI is InChI=1S/C21H23N3O3/c1-13-8-9-16(12-14(13)2)19(15-6-4-3-5-7-15)23-18(25)11-10-17-20(26)24-21(27)22-17/h3-9,12,17,19H,10-11H2,1-2H3,(H,23,25)(H2,22,24,26,27)/t17-,19-/m0/s1. The lowest BCUT2D eigenvalue weighted by atomic mass is 9.95. The summed E-state index contributed by atoms with van der Waals surface area (Å²) in [6.45, 7) is 4.10. The zero-order valence-electron chi connectivity index (χ0n) is 15.4. The SMILES string of the molecule is Cc1ccc([C@@H](NC(=O)CC[C@@H]2NC(=O)NC2=O)c2ccccc2)cc1C. The fraction of sp³-hybridized carbons (Fsp3) is 0.286. The molecular weight excluding hydrogens is 342 g/mol. The Morgan fingerprint density at radius 1 is 1.04 bits per heavy atom. The second-order valence-corrected chi connectivity index (χ2v) is 6.81. The molecule has 1 saturated heterocycles. The van der Waals surface area contributed by atoms with Crippen LogP contribution >= 0.6 is 0 Å². The minimum atomic E-state index is -0.653. The van der Waals surface area contributed by atoms with Gasteiger partial charge in [0.2, 0.25) is 5.91 Å². The number of benzene rings is 2. The van der Waals surface area contributed by atoms with Crippen molar-refractivity contribution in [3.8, 4) is 0 Å². The van der Waals surface area contributed by atoms with Gasteiger partial charge < -0.3 is 10.6 Å². The Hall–Kier alpha value is -3.15. The Balaban J connectivity index is 1.73. The summed E-state index contributed by atoms with van der Waals surface area (Å²) in [4.78, 5) is 35.3. The van der Waals surface area contributed by atoms with Gasteiger partial charge in [-0.05, 0) is 42.5 Å². The van der Waals surface area contributed by atoms with E-state index < -0.39 is 12.1 Å².